The molecule has 0 amide bonds. The summed E-state index contributed by atoms with van der Waals surface area (Å²) in [6.45, 7) is 0. The second-order valence-corrected chi connectivity index (χ2v) is 8.45. The van der Waals surface area contributed by atoms with E-state index in [0.717, 1.165) is 4.35 Å². The van der Waals surface area contributed by atoms with Crippen LogP contribution in [0.2, 0.25) is 0 Å². The van der Waals surface area contributed by atoms with Gasteiger partial charge in [-0.15, -0.1) is 12.4 Å². The number of phenols is 1. The van der Waals surface area contributed by atoms with Crippen molar-refractivity contribution in [3.05, 3.63) is 18.2 Å². The molecular formula is C6H7AsCl3NO. The summed E-state index contributed by atoms with van der Waals surface area (Å²) in [6, 6.07) is 4.83. The number of nitrogens with two attached hydrogens (primary N) is 1. The van der Waals surface area contributed by atoms with Crippen LogP contribution in [-0.2, 0) is 0 Å². The third-order valence-electron chi connectivity index (χ3n) is 1.21. The average molecular weight is 290 g/mol. The van der Waals surface area contributed by atoms with Crippen molar-refractivity contribution in [2.75, 3.05) is 5.73 Å². The van der Waals surface area contributed by atoms with Crippen molar-refractivity contribution in [3.63, 3.8) is 0 Å². The van der Waals surface area contributed by atoms with Crippen LogP contribution in [0.4, 0.5) is 5.69 Å². The SMILES string of the molecule is Cl.Nc1ccc([As](Cl)Cl)cc1O. The summed E-state index contributed by atoms with van der Waals surface area (Å²) in [6.07, 6.45) is 0. The van der Waals surface area contributed by atoms with E-state index in [4.69, 9.17) is 30.7 Å². The Morgan fingerprint density at radius 2 is 1.92 bits per heavy atom. The summed E-state index contributed by atoms with van der Waals surface area (Å²) in [7, 11) is 11.4. The molecule has 0 bridgehead atoms. The summed E-state index contributed by atoms with van der Waals surface area (Å²) in [4.78, 5) is 0. The molecule has 0 aliphatic rings. The van der Waals surface area contributed by atoms with Gasteiger partial charge in [0.1, 0.15) is 0 Å². The first kappa shape index (κ1) is 12.2. The second-order valence-electron chi connectivity index (χ2n) is 1.98. The maximum absolute atomic E-state index is 9.13. The summed E-state index contributed by atoms with van der Waals surface area (Å²) in [5, 5.41) is 9.13. The van der Waals surface area contributed by atoms with Crippen molar-refractivity contribution in [1.82, 2.24) is 0 Å². The predicted octanol–water partition coefficient (Wildman–Crippen LogP) is 1.57. The van der Waals surface area contributed by atoms with E-state index in [1.807, 2.05) is 0 Å². The monoisotopic (exact) mass is 289 g/mol. The van der Waals surface area contributed by atoms with Crippen LogP contribution in [-0.4, -0.2) is 17.9 Å². The molecular weight excluding hydrogens is 283 g/mol. The van der Waals surface area contributed by atoms with Gasteiger partial charge < -0.3 is 0 Å². The number of hydrogen-bond donors (Lipinski definition) is 2. The van der Waals surface area contributed by atoms with Crippen LogP contribution in [0.1, 0.15) is 0 Å². The van der Waals surface area contributed by atoms with Crippen LogP contribution in [0.5, 0.6) is 5.75 Å². The van der Waals surface area contributed by atoms with Gasteiger partial charge in [-0.3, -0.25) is 0 Å². The van der Waals surface area contributed by atoms with Crippen molar-refractivity contribution in [2.24, 2.45) is 0 Å². The molecule has 0 unspecified atom stereocenters. The molecule has 0 heterocycles. The number of rotatable bonds is 1. The maximum atomic E-state index is 9.13. The second kappa shape index (κ2) is 5.08. The molecule has 6 heteroatoms. The van der Waals surface area contributed by atoms with Gasteiger partial charge in [-0.25, -0.2) is 0 Å². The van der Waals surface area contributed by atoms with Gasteiger partial charge in [0.2, 0.25) is 0 Å². The molecule has 0 saturated carbocycles. The van der Waals surface area contributed by atoms with Crippen LogP contribution >= 0.6 is 32.3 Å². The van der Waals surface area contributed by atoms with E-state index in [2.05, 4.69) is 0 Å². The number of aromatic hydroxyl groups is 1. The predicted molar refractivity (Wildman–Crippen MR) is 56.9 cm³/mol. The quantitative estimate of drug-likeness (QED) is 0.468. The molecule has 0 atom stereocenters. The molecule has 0 aliphatic carbocycles. The van der Waals surface area contributed by atoms with E-state index in [1.54, 1.807) is 12.1 Å². The molecule has 0 aliphatic heterocycles. The summed E-state index contributed by atoms with van der Waals surface area (Å²) in [5.74, 6) is 0.0446. The molecule has 68 valence electrons. The molecule has 1 aromatic carbocycles. The number of halogens is 3. The molecule has 3 N–H and O–H groups in total. The molecule has 0 spiro atoms. The Morgan fingerprint density at radius 1 is 1.33 bits per heavy atom. The van der Waals surface area contributed by atoms with Gasteiger partial charge in [0.25, 0.3) is 0 Å². The van der Waals surface area contributed by atoms with Crippen molar-refractivity contribution >= 4 is 55.1 Å². The Hall–Kier alpha value is 0.248. The van der Waals surface area contributed by atoms with Crippen molar-refractivity contribution in [3.8, 4) is 5.75 Å². The number of benzene rings is 1. The first-order chi connectivity index (χ1) is 5.11. The first-order valence-electron chi connectivity index (χ1n) is 2.81. The molecule has 0 radical (unpaired) electrons. The van der Waals surface area contributed by atoms with Gasteiger partial charge >= 0.3 is 77.5 Å². The van der Waals surface area contributed by atoms with Crippen LogP contribution < -0.4 is 10.1 Å². The topological polar surface area (TPSA) is 46.2 Å². The van der Waals surface area contributed by atoms with Crippen molar-refractivity contribution in [1.29, 1.82) is 0 Å². The van der Waals surface area contributed by atoms with Gasteiger partial charge in [-0.1, -0.05) is 0 Å². The van der Waals surface area contributed by atoms with Crippen LogP contribution in [0.25, 0.3) is 0 Å². The fourth-order valence-electron chi connectivity index (χ4n) is 0.637. The van der Waals surface area contributed by atoms with E-state index in [9.17, 15) is 0 Å². The van der Waals surface area contributed by atoms with Gasteiger partial charge in [-0.05, 0) is 0 Å². The third kappa shape index (κ3) is 2.95. The Kier molecular flexibility index (Phi) is 5.19. The molecule has 0 saturated heterocycles. The van der Waals surface area contributed by atoms with Gasteiger partial charge in [0, 0.05) is 0 Å². The van der Waals surface area contributed by atoms with E-state index in [1.165, 1.54) is 6.07 Å². The fourth-order valence-corrected chi connectivity index (χ4v) is 2.58. The average Bonchev–Trinajstić information content (AvgIpc) is 1.94. The molecule has 0 aromatic heterocycles. The van der Waals surface area contributed by atoms with E-state index in [0.29, 0.717) is 5.69 Å². The number of hydrogen-bond acceptors (Lipinski definition) is 2. The van der Waals surface area contributed by atoms with E-state index >= 15 is 0 Å². The zero-order chi connectivity index (χ0) is 8.43. The molecule has 1 rings (SSSR count). The number of anilines is 1. The number of nitrogen functional groups attached to an aromatic ring is 1. The molecule has 2 nitrogen and oxygen atoms in total. The van der Waals surface area contributed by atoms with E-state index in [-0.39, 0.29) is 18.2 Å². The standard InChI is InChI=1S/C6H6AsCl2NO.ClH/c8-7(9)4-1-2-5(10)6(11)3-4;/h1-3,11H,10H2;1H. The molecule has 12 heavy (non-hydrogen) atoms. The Bertz CT molecular complexity index is 269. The van der Waals surface area contributed by atoms with Gasteiger partial charge in [-0.2, -0.15) is 0 Å². The molecule has 0 fully saturated rings. The zero-order valence-corrected chi connectivity index (χ0v) is 10.1. The Labute approximate surface area is 89.6 Å². The Morgan fingerprint density at radius 3 is 2.33 bits per heavy atom. The minimum atomic E-state index is -1.91. The zero-order valence-electron chi connectivity index (χ0n) is 5.87. The normalized spacial score (nSPS) is 9.58. The first-order valence-corrected chi connectivity index (χ1v) is 8.68. The Balaban J connectivity index is 0.00000121. The van der Waals surface area contributed by atoms with Crippen molar-refractivity contribution < 1.29 is 5.11 Å². The summed E-state index contributed by atoms with van der Waals surface area (Å²) in [5.41, 5.74) is 5.71. The molecule has 1 aromatic rings. The van der Waals surface area contributed by atoms with Crippen LogP contribution in [0, 0.1) is 0 Å². The summed E-state index contributed by atoms with van der Waals surface area (Å²) >= 11 is -1.91. The number of phenolic OH excluding ortho intramolecular Hbond substituents is 1. The van der Waals surface area contributed by atoms with Gasteiger partial charge in [0.15, 0.2) is 0 Å². The van der Waals surface area contributed by atoms with Crippen LogP contribution in [0.3, 0.4) is 0 Å². The van der Waals surface area contributed by atoms with E-state index < -0.39 is 12.8 Å². The third-order valence-corrected chi connectivity index (χ3v) is 4.64. The minimum absolute atomic E-state index is 0. The van der Waals surface area contributed by atoms with Crippen molar-refractivity contribution in [2.45, 2.75) is 0 Å². The fraction of sp³-hybridized carbons (Fsp3) is 0. The summed E-state index contributed by atoms with van der Waals surface area (Å²) < 4.78 is 0.785. The van der Waals surface area contributed by atoms with Crippen LogP contribution in [0.15, 0.2) is 18.2 Å². The van der Waals surface area contributed by atoms with Gasteiger partial charge in [0.05, 0.1) is 0 Å².